The number of carbonyl (C=O) groups is 1. The lowest BCUT2D eigenvalue weighted by atomic mass is 10.2. The van der Waals surface area contributed by atoms with Crippen LogP contribution in [0.3, 0.4) is 0 Å². The van der Waals surface area contributed by atoms with Crippen molar-refractivity contribution in [1.82, 2.24) is 5.32 Å². The van der Waals surface area contributed by atoms with Gasteiger partial charge >= 0.3 is 0 Å². The summed E-state index contributed by atoms with van der Waals surface area (Å²) >= 11 is 5.64. The van der Waals surface area contributed by atoms with E-state index in [2.05, 4.69) is 5.32 Å². The highest BCUT2D eigenvalue weighted by atomic mass is 35.5. The van der Waals surface area contributed by atoms with Gasteiger partial charge in [-0.2, -0.15) is 0 Å². The second kappa shape index (κ2) is 2.91. The lowest BCUT2D eigenvalue weighted by Gasteiger charge is -2.07. The molecule has 0 aromatic heterocycles. The van der Waals surface area contributed by atoms with Crippen LogP contribution in [0, 0.1) is 11.8 Å². The van der Waals surface area contributed by atoms with Crippen molar-refractivity contribution >= 4 is 17.5 Å². The van der Waals surface area contributed by atoms with Crippen LogP contribution in [0.1, 0.15) is 26.2 Å². The molecule has 4 atom stereocenters. The fourth-order valence-electron chi connectivity index (χ4n) is 2.31. The van der Waals surface area contributed by atoms with Crippen LogP contribution in [0.15, 0.2) is 0 Å². The molecule has 2 aliphatic carbocycles. The molecule has 2 saturated carbocycles. The Kier molecular flexibility index (Phi) is 2.03. The summed E-state index contributed by atoms with van der Waals surface area (Å²) in [4.78, 5) is 11.2. The maximum absolute atomic E-state index is 11.2. The third kappa shape index (κ3) is 1.33. The van der Waals surface area contributed by atoms with Crippen LogP contribution < -0.4 is 5.32 Å². The molecule has 0 aromatic carbocycles. The van der Waals surface area contributed by atoms with Gasteiger partial charge in [-0.05, 0) is 31.6 Å². The smallest absolute Gasteiger partial charge is 0.238 e. The summed E-state index contributed by atoms with van der Waals surface area (Å²) in [6, 6.07) is 0.465. The molecule has 0 spiro atoms. The summed E-state index contributed by atoms with van der Waals surface area (Å²) in [6.45, 7) is 1.72. The van der Waals surface area contributed by atoms with Gasteiger partial charge in [0, 0.05) is 6.04 Å². The molecule has 1 amide bonds. The average Bonchev–Trinajstić information content (AvgIpc) is 2.46. The topological polar surface area (TPSA) is 29.1 Å². The van der Waals surface area contributed by atoms with Gasteiger partial charge in [-0.15, -0.1) is 11.6 Å². The van der Waals surface area contributed by atoms with E-state index in [0.29, 0.717) is 6.04 Å². The average molecular weight is 188 g/mol. The first-order chi connectivity index (χ1) is 5.70. The molecule has 0 radical (unpaired) electrons. The molecule has 0 aliphatic heterocycles. The Labute approximate surface area is 77.7 Å². The number of hydrogen-bond donors (Lipinski definition) is 1. The van der Waals surface area contributed by atoms with E-state index in [1.807, 2.05) is 0 Å². The van der Waals surface area contributed by atoms with Gasteiger partial charge in [0.25, 0.3) is 0 Å². The van der Waals surface area contributed by atoms with Crippen molar-refractivity contribution in [3.8, 4) is 0 Å². The molecule has 1 N–H and O–H groups in total. The van der Waals surface area contributed by atoms with Gasteiger partial charge < -0.3 is 5.32 Å². The second-order valence-electron chi connectivity index (χ2n) is 3.91. The van der Waals surface area contributed by atoms with E-state index in [1.165, 1.54) is 19.3 Å². The highest BCUT2D eigenvalue weighted by molar-refractivity contribution is 6.30. The van der Waals surface area contributed by atoms with Crippen LogP contribution in [0.25, 0.3) is 0 Å². The summed E-state index contributed by atoms with van der Waals surface area (Å²) in [5.41, 5.74) is 0. The maximum Gasteiger partial charge on any atom is 0.238 e. The van der Waals surface area contributed by atoms with Crippen LogP contribution in [-0.2, 0) is 4.79 Å². The molecule has 0 bridgehead atoms. The van der Waals surface area contributed by atoms with E-state index in [4.69, 9.17) is 11.6 Å². The molecular weight excluding hydrogens is 174 g/mol. The van der Waals surface area contributed by atoms with Gasteiger partial charge in [0.15, 0.2) is 0 Å². The molecule has 2 nitrogen and oxygen atoms in total. The minimum absolute atomic E-state index is 0.00364. The van der Waals surface area contributed by atoms with E-state index in [0.717, 1.165) is 11.8 Å². The van der Waals surface area contributed by atoms with Gasteiger partial charge in [0.1, 0.15) is 5.38 Å². The maximum atomic E-state index is 11.2. The van der Waals surface area contributed by atoms with Crippen molar-refractivity contribution in [3.63, 3.8) is 0 Å². The van der Waals surface area contributed by atoms with E-state index < -0.39 is 0 Å². The quantitative estimate of drug-likeness (QED) is 0.653. The van der Waals surface area contributed by atoms with Gasteiger partial charge in [0.05, 0.1) is 0 Å². The third-order valence-electron chi connectivity index (χ3n) is 3.08. The predicted octanol–water partition coefficient (Wildman–Crippen LogP) is 1.53. The van der Waals surface area contributed by atoms with Crippen molar-refractivity contribution in [3.05, 3.63) is 0 Å². The number of carbonyl (C=O) groups excluding carboxylic acids is 1. The molecule has 12 heavy (non-hydrogen) atoms. The minimum atomic E-state index is -0.383. The van der Waals surface area contributed by atoms with Crippen LogP contribution >= 0.6 is 11.6 Å². The molecule has 2 aliphatic rings. The molecule has 2 rings (SSSR count). The standard InChI is InChI=1S/C9H14ClNO/c1-5(10)9(12)11-8-6-3-2-4-7(6)8/h5-8H,2-4H2,1H3,(H,11,12)/t5?,6-,7+,8?. The van der Waals surface area contributed by atoms with E-state index in [1.54, 1.807) is 6.92 Å². The molecular formula is C9H14ClNO. The van der Waals surface area contributed by atoms with E-state index in [9.17, 15) is 4.79 Å². The monoisotopic (exact) mass is 187 g/mol. The summed E-state index contributed by atoms with van der Waals surface area (Å²) < 4.78 is 0. The van der Waals surface area contributed by atoms with Gasteiger partial charge in [-0.3, -0.25) is 4.79 Å². The SMILES string of the molecule is CC(Cl)C(=O)NC1[C@H]2CCC[C@@H]12. The summed E-state index contributed by atoms with van der Waals surface area (Å²) in [6.07, 6.45) is 3.94. The minimum Gasteiger partial charge on any atom is -0.352 e. The molecule has 0 aromatic rings. The highest BCUT2D eigenvalue weighted by Gasteiger charge is 2.53. The van der Waals surface area contributed by atoms with Crippen LogP contribution in [0.4, 0.5) is 0 Å². The van der Waals surface area contributed by atoms with Crippen molar-refractivity contribution in [2.45, 2.75) is 37.6 Å². The largest absolute Gasteiger partial charge is 0.352 e. The van der Waals surface area contributed by atoms with Crippen molar-refractivity contribution < 1.29 is 4.79 Å². The summed E-state index contributed by atoms with van der Waals surface area (Å²) in [5, 5.41) is 2.60. The van der Waals surface area contributed by atoms with Crippen molar-refractivity contribution in [2.24, 2.45) is 11.8 Å². The Morgan fingerprint density at radius 2 is 2.08 bits per heavy atom. The number of amides is 1. The summed E-state index contributed by atoms with van der Waals surface area (Å²) in [5.74, 6) is 1.56. The van der Waals surface area contributed by atoms with Gasteiger partial charge in [-0.1, -0.05) is 6.42 Å². The normalized spacial score (nSPS) is 40.3. The van der Waals surface area contributed by atoms with Crippen LogP contribution in [0.2, 0.25) is 0 Å². The molecule has 2 fully saturated rings. The number of alkyl halides is 1. The van der Waals surface area contributed by atoms with Gasteiger partial charge in [-0.25, -0.2) is 0 Å². The van der Waals surface area contributed by atoms with Gasteiger partial charge in [0.2, 0.25) is 5.91 Å². The molecule has 0 saturated heterocycles. The number of halogens is 1. The zero-order chi connectivity index (χ0) is 8.72. The molecule has 3 heteroatoms. The second-order valence-corrected chi connectivity index (χ2v) is 4.56. The zero-order valence-corrected chi connectivity index (χ0v) is 7.97. The fraction of sp³-hybridized carbons (Fsp3) is 0.889. The predicted molar refractivity (Wildman–Crippen MR) is 48.1 cm³/mol. The Balaban J connectivity index is 1.79. The molecule has 0 heterocycles. The number of nitrogens with one attached hydrogen (secondary N) is 1. The first-order valence-electron chi connectivity index (χ1n) is 4.64. The van der Waals surface area contributed by atoms with Crippen molar-refractivity contribution in [1.29, 1.82) is 0 Å². The lowest BCUT2D eigenvalue weighted by Crippen LogP contribution is -2.33. The highest BCUT2D eigenvalue weighted by Crippen LogP contribution is 2.51. The first kappa shape index (κ1) is 8.36. The Morgan fingerprint density at radius 3 is 2.58 bits per heavy atom. The summed E-state index contributed by atoms with van der Waals surface area (Å²) in [7, 11) is 0. The Bertz CT molecular complexity index is 195. The number of fused-ring (bicyclic) bond motifs is 1. The molecule has 68 valence electrons. The zero-order valence-electron chi connectivity index (χ0n) is 7.22. The Morgan fingerprint density at radius 1 is 1.50 bits per heavy atom. The first-order valence-corrected chi connectivity index (χ1v) is 5.08. The fourth-order valence-corrected chi connectivity index (χ4v) is 2.38. The number of rotatable bonds is 2. The van der Waals surface area contributed by atoms with Crippen LogP contribution in [0.5, 0.6) is 0 Å². The lowest BCUT2D eigenvalue weighted by molar-refractivity contribution is -0.120. The molecule has 2 unspecified atom stereocenters. The van der Waals surface area contributed by atoms with Crippen molar-refractivity contribution in [2.75, 3.05) is 0 Å². The third-order valence-corrected chi connectivity index (χ3v) is 3.27. The number of hydrogen-bond acceptors (Lipinski definition) is 1. The van der Waals surface area contributed by atoms with Crippen LogP contribution in [-0.4, -0.2) is 17.3 Å². The van der Waals surface area contributed by atoms with E-state index in [-0.39, 0.29) is 11.3 Å². The Hall–Kier alpha value is -0.240. The van der Waals surface area contributed by atoms with E-state index >= 15 is 0 Å².